The summed E-state index contributed by atoms with van der Waals surface area (Å²) in [4.78, 5) is 16.9. The molecular formula is C20H12Cl5F4N3O2. The summed E-state index contributed by atoms with van der Waals surface area (Å²) in [5.41, 5.74) is 1.85. The molecule has 34 heavy (non-hydrogen) atoms. The van der Waals surface area contributed by atoms with E-state index in [1.807, 2.05) is 0 Å². The van der Waals surface area contributed by atoms with E-state index in [-0.39, 0.29) is 49.0 Å². The Labute approximate surface area is 215 Å². The van der Waals surface area contributed by atoms with Crippen molar-refractivity contribution in [3.63, 3.8) is 0 Å². The average Bonchev–Trinajstić information content (AvgIpc) is 3.17. The summed E-state index contributed by atoms with van der Waals surface area (Å²) in [5.74, 6) is -1.73. The molecule has 1 fully saturated rings. The maximum absolute atomic E-state index is 14.2. The maximum atomic E-state index is 14.2. The smallest absolute Gasteiger partial charge is 0.374 e. The SMILES string of the molecule is O=C(NNc1cc(C2=NO[C@@](c3cc(Cl)c(Cl)c(Cl)c3)(C(F)(F)F)C2)ccc1Cl)[C@@H]1C[C@@]1(F)Cl. The second-order valence-corrected chi connectivity index (χ2v) is 9.94. The number of hydrogen-bond acceptors (Lipinski definition) is 4. The Balaban J connectivity index is 1.59. The third-order valence-corrected chi connectivity index (χ3v) is 7.34. The summed E-state index contributed by atoms with van der Waals surface area (Å²) < 4.78 is 56.1. The lowest BCUT2D eigenvalue weighted by molar-refractivity contribution is -0.275. The van der Waals surface area contributed by atoms with E-state index in [1.165, 1.54) is 18.2 Å². The first-order chi connectivity index (χ1) is 15.7. The molecule has 2 aromatic carbocycles. The van der Waals surface area contributed by atoms with Crippen LogP contribution in [0.4, 0.5) is 23.2 Å². The highest BCUT2D eigenvalue weighted by atomic mass is 35.5. The molecule has 182 valence electrons. The van der Waals surface area contributed by atoms with Gasteiger partial charge in [-0.1, -0.05) is 69.2 Å². The summed E-state index contributed by atoms with van der Waals surface area (Å²) in [6.45, 7) is 0. The van der Waals surface area contributed by atoms with Crippen LogP contribution in [0.2, 0.25) is 20.1 Å². The van der Waals surface area contributed by atoms with Crippen LogP contribution in [0.25, 0.3) is 0 Å². The Bertz CT molecular complexity index is 1180. The second-order valence-electron chi connectivity index (χ2n) is 7.71. The second kappa shape index (κ2) is 8.78. The van der Waals surface area contributed by atoms with Gasteiger partial charge in [-0.2, -0.15) is 13.2 Å². The van der Waals surface area contributed by atoms with Crippen molar-refractivity contribution in [2.24, 2.45) is 11.1 Å². The molecule has 0 spiro atoms. The highest BCUT2D eigenvalue weighted by molar-refractivity contribution is 6.48. The molecule has 0 aromatic heterocycles. The molecule has 2 N–H and O–H groups in total. The predicted molar refractivity (Wildman–Crippen MR) is 122 cm³/mol. The zero-order chi connectivity index (χ0) is 25.1. The summed E-state index contributed by atoms with van der Waals surface area (Å²) in [5, 5.41) is 1.25. The van der Waals surface area contributed by atoms with Crippen molar-refractivity contribution in [2.45, 2.75) is 29.7 Å². The van der Waals surface area contributed by atoms with E-state index in [2.05, 4.69) is 16.0 Å². The van der Waals surface area contributed by atoms with E-state index >= 15 is 0 Å². The van der Waals surface area contributed by atoms with Gasteiger partial charge in [-0.25, -0.2) is 4.39 Å². The normalized spacial score (nSPS) is 26.0. The highest BCUT2D eigenvalue weighted by Gasteiger charge is 2.62. The molecular weight excluding hydrogens is 567 g/mol. The van der Waals surface area contributed by atoms with Crippen LogP contribution >= 0.6 is 58.0 Å². The number of hydrazine groups is 1. The summed E-state index contributed by atoms with van der Waals surface area (Å²) >= 11 is 29.3. The molecule has 1 amide bonds. The lowest BCUT2D eigenvalue weighted by Crippen LogP contribution is -2.42. The molecule has 1 saturated carbocycles. The highest BCUT2D eigenvalue weighted by Crippen LogP contribution is 2.52. The van der Waals surface area contributed by atoms with Gasteiger partial charge in [0.25, 0.3) is 5.60 Å². The molecule has 0 saturated heterocycles. The van der Waals surface area contributed by atoms with Gasteiger partial charge in [0.05, 0.1) is 37.4 Å². The van der Waals surface area contributed by atoms with Gasteiger partial charge in [0, 0.05) is 24.0 Å². The predicted octanol–water partition coefficient (Wildman–Crippen LogP) is 7.25. The number of alkyl halides is 5. The van der Waals surface area contributed by atoms with E-state index < -0.39 is 35.2 Å². The monoisotopic (exact) mass is 577 g/mol. The van der Waals surface area contributed by atoms with E-state index in [0.29, 0.717) is 0 Å². The first-order valence-corrected chi connectivity index (χ1v) is 11.3. The van der Waals surface area contributed by atoms with Crippen molar-refractivity contribution in [3.8, 4) is 0 Å². The summed E-state index contributed by atoms with van der Waals surface area (Å²) in [6, 6.07) is 6.21. The average molecular weight is 580 g/mol. The molecule has 1 aliphatic heterocycles. The van der Waals surface area contributed by atoms with Crippen LogP contribution in [0.1, 0.15) is 24.0 Å². The number of benzene rings is 2. The summed E-state index contributed by atoms with van der Waals surface area (Å²) in [6.07, 6.45) is -5.75. The molecule has 0 radical (unpaired) electrons. The van der Waals surface area contributed by atoms with Gasteiger partial charge in [0.1, 0.15) is 0 Å². The minimum Gasteiger partial charge on any atom is -0.374 e. The molecule has 14 heteroatoms. The van der Waals surface area contributed by atoms with Crippen LogP contribution in [0.15, 0.2) is 35.5 Å². The topological polar surface area (TPSA) is 62.7 Å². The van der Waals surface area contributed by atoms with Gasteiger partial charge in [0.15, 0.2) is 5.13 Å². The maximum Gasteiger partial charge on any atom is 0.435 e. The van der Waals surface area contributed by atoms with E-state index in [9.17, 15) is 22.4 Å². The zero-order valence-corrected chi connectivity index (χ0v) is 20.3. The van der Waals surface area contributed by atoms with E-state index in [4.69, 9.17) is 62.8 Å². The molecule has 0 unspecified atom stereocenters. The van der Waals surface area contributed by atoms with Crippen molar-refractivity contribution in [1.29, 1.82) is 0 Å². The van der Waals surface area contributed by atoms with Gasteiger partial charge in [0.2, 0.25) is 5.91 Å². The van der Waals surface area contributed by atoms with Crippen LogP contribution in [-0.4, -0.2) is 22.9 Å². The molecule has 3 atom stereocenters. The van der Waals surface area contributed by atoms with E-state index in [1.54, 1.807) is 0 Å². The number of rotatable bonds is 5. The number of halogens is 9. The Morgan fingerprint density at radius 1 is 1.09 bits per heavy atom. The first-order valence-electron chi connectivity index (χ1n) is 9.45. The molecule has 5 nitrogen and oxygen atoms in total. The molecule has 2 aromatic rings. The Hall–Kier alpha value is -1.65. The molecule has 4 rings (SSSR count). The van der Waals surface area contributed by atoms with Gasteiger partial charge >= 0.3 is 6.18 Å². The van der Waals surface area contributed by atoms with Gasteiger partial charge in [-0.15, -0.1) is 0 Å². The van der Waals surface area contributed by atoms with Crippen molar-refractivity contribution >= 4 is 75.3 Å². The van der Waals surface area contributed by atoms with Crippen LogP contribution < -0.4 is 10.9 Å². The van der Waals surface area contributed by atoms with Crippen LogP contribution in [-0.2, 0) is 15.2 Å². The Morgan fingerprint density at radius 2 is 1.71 bits per heavy atom. The van der Waals surface area contributed by atoms with Gasteiger partial charge < -0.3 is 4.84 Å². The number of carbonyl (C=O) groups is 1. The fourth-order valence-electron chi connectivity index (χ4n) is 3.36. The van der Waals surface area contributed by atoms with Crippen molar-refractivity contribution in [3.05, 3.63) is 61.5 Å². The van der Waals surface area contributed by atoms with Gasteiger partial charge in [-0.05, 0) is 24.3 Å². The minimum absolute atomic E-state index is 0.0590. The minimum atomic E-state index is -4.90. The molecule has 2 aliphatic rings. The van der Waals surface area contributed by atoms with Crippen molar-refractivity contribution in [1.82, 2.24) is 5.43 Å². The lowest BCUT2D eigenvalue weighted by atomic mass is 9.86. The molecule has 0 bridgehead atoms. The number of oxime groups is 1. The standard InChI is InChI=1S/C20H12Cl5F4N3O2/c21-11-2-1-8(3-14(11)30-31-17(33)10-6-19(10,25)26)15-7-18(34-32-15,20(27,28)29)9-4-12(22)16(24)13(23)5-9/h1-5,10,30H,6-7H2,(H,31,33)/t10-,18-,19-/m0/s1. The van der Waals surface area contributed by atoms with Crippen LogP contribution in [0, 0.1) is 5.92 Å². The number of anilines is 1. The third kappa shape index (κ3) is 4.60. The molecule has 1 aliphatic carbocycles. The van der Waals surface area contributed by atoms with Crippen molar-refractivity contribution in [2.75, 3.05) is 5.43 Å². The largest absolute Gasteiger partial charge is 0.435 e. The third-order valence-electron chi connectivity index (χ3n) is 5.40. The summed E-state index contributed by atoms with van der Waals surface area (Å²) in [7, 11) is 0. The van der Waals surface area contributed by atoms with Crippen LogP contribution in [0.3, 0.4) is 0 Å². The Kier molecular flexibility index (Phi) is 6.57. The number of amides is 1. The number of carbonyl (C=O) groups excluding carboxylic acids is 1. The first kappa shape index (κ1) is 25.4. The van der Waals surface area contributed by atoms with Gasteiger partial charge in [-0.3, -0.25) is 15.6 Å². The van der Waals surface area contributed by atoms with Crippen molar-refractivity contribution < 1.29 is 27.2 Å². The molecule has 1 heterocycles. The van der Waals surface area contributed by atoms with E-state index in [0.717, 1.165) is 12.1 Å². The lowest BCUT2D eigenvalue weighted by Gasteiger charge is -2.30. The zero-order valence-electron chi connectivity index (χ0n) is 16.5. The Morgan fingerprint density at radius 3 is 2.26 bits per heavy atom. The fraction of sp³-hybridized carbons (Fsp3) is 0.300. The fourth-order valence-corrected chi connectivity index (χ4v) is 4.38. The van der Waals surface area contributed by atoms with Crippen LogP contribution in [0.5, 0.6) is 0 Å². The quantitative estimate of drug-likeness (QED) is 0.170. The number of nitrogens with one attached hydrogen (secondary N) is 2. The number of hydrogen-bond donors (Lipinski definition) is 2. The number of nitrogens with zero attached hydrogens (tertiary/aromatic N) is 1.